The maximum absolute atomic E-state index is 6.29. The van der Waals surface area contributed by atoms with Crippen molar-refractivity contribution in [3.05, 3.63) is 77.3 Å². The van der Waals surface area contributed by atoms with E-state index in [-0.39, 0.29) is 6.04 Å². The highest BCUT2D eigenvalue weighted by molar-refractivity contribution is 7.18. The molecule has 1 N–H and O–H groups in total. The molecule has 0 bridgehead atoms. The Morgan fingerprint density at radius 1 is 1.11 bits per heavy atom. The highest BCUT2D eigenvalue weighted by atomic mass is 35.5. The summed E-state index contributed by atoms with van der Waals surface area (Å²) in [5.41, 5.74) is 1.91. The largest absolute Gasteiger partial charge is 0.497 e. The minimum Gasteiger partial charge on any atom is -0.497 e. The number of hydrogen-bond acceptors (Lipinski definition) is 6. The molecule has 1 unspecified atom stereocenters. The number of anilines is 1. The van der Waals surface area contributed by atoms with Gasteiger partial charge in [0.25, 0.3) is 0 Å². The first-order chi connectivity index (χ1) is 13.7. The van der Waals surface area contributed by atoms with Crippen LogP contribution in [0, 0.1) is 0 Å². The van der Waals surface area contributed by atoms with Crippen LogP contribution in [0.15, 0.2) is 60.9 Å². The maximum Gasteiger partial charge on any atom is 0.206 e. The van der Waals surface area contributed by atoms with Crippen LogP contribution in [0.4, 0.5) is 5.13 Å². The second kappa shape index (κ2) is 8.00. The molecule has 0 spiro atoms. The average Bonchev–Trinajstić information content (AvgIpc) is 3.35. The van der Waals surface area contributed by atoms with Crippen LogP contribution in [0.1, 0.15) is 17.4 Å². The monoisotopic (exact) mass is 411 g/mol. The molecule has 0 saturated heterocycles. The number of ether oxygens (including phenoxy) is 1. The lowest BCUT2D eigenvalue weighted by Crippen LogP contribution is -2.16. The van der Waals surface area contributed by atoms with Gasteiger partial charge in [0.15, 0.2) is 5.01 Å². The third-order valence-electron chi connectivity index (χ3n) is 4.36. The summed E-state index contributed by atoms with van der Waals surface area (Å²) in [5, 5.41) is 14.2. The first kappa shape index (κ1) is 18.5. The molecule has 0 amide bonds. The van der Waals surface area contributed by atoms with Gasteiger partial charge in [0.05, 0.1) is 12.1 Å². The molecule has 0 fully saturated rings. The summed E-state index contributed by atoms with van der Waals surface area (Å²) in [7, 11) is 3.62. The summed E-state index contributed by atoms with van der Waals surface area (Å²) < 4.78 is 7.26. The molecule has 1 atom stereocenters. The highest BCUT2D eigenvalue weighted by Crippen LogP contribution is 2.34. The maximum atomic E-state index is 6.29. The summed E-state index contributed by atoms with van der Waals surface area (Å²) in [4.78, 5) is 4.51. The first-order valence-corrected chi connectivity index (χ1v) is 9.81. The SMILES string of the molecule is COc1ccc(C(Nc2nnc(-c3ccccc3Cl)s2)c2nccn2C)cc1. The molecule has 8 heteroatoms. The molecule has 0 aliphatic heterocycles. The second-order valence-corrected chi connectivity index (χ2v) is 7.52. The summed E-state index contributed by atoms with van der Waals surface area (Å²) in [5.74, 6) is 1.68. The predicted octanol–water partition coefficient (Wildman–Crippen LogP) is 4.80. The predicted molar refractivity (Wildman–Crippen MR) is 112 cm³/mol. The fourth-order valence-corrected chi connectivity index (χ4v) is 3.99. The zero-order valence-electron chi connectivity index (χ0n) is 15.3. The van der Waals surface area contributed by atoms with E-state index in [1.54, 1.807) is 13.3 Å². The van der Waals surface area contributed by atoms with E-state index in [2.05, 4.69) is 20.5 Å². The van der Waals surface area contributed by atoms with Crippen LogP contribution >= 0.6 is 22.9 Å². The number of hydrogen-bond donors (Lipinski definition) is 1. The molecule has 4 rings (SSSR count). The fraction of sp³-hybridized carbons (Fsp3) is 0.150. The number of nitrogens with zero attached hydrogens (tertiary/aromatic N) is 4. The number of imidazole rings is 1. The van der Waals surface area contributed by atoms with Crippen LogP contribution in [0.5, 0.6) is 5.75 Å². The smallest absolute Gasteiger partial charge is 0.206 e. The van der Waals surface area contributed by atoms with E-state index in [1.807, 2.05) is 66.3 Å². The Labute approximate surface area is 171 Å². The van der Waals surface area contributed by atoms with Gasteiger partial charge in [-0.25, -0.2) is 4.98 Å². The van der Waals surface area contributed by atoms with Crippen molar-refractivity contribution < 1.29 is 4.74 Å². The average molecular weight is 412 g/mol. The van der Waals surface area contributed by atoms with Gasteiger partial charge in [-0.3, -0.25) is 0 Å². The standard InChI is InChI=1S/C20H18ClN5OS/c1-26-12-11-22-18(26)17(13-7-9-14(27-2)10-8-13)23-20-25-24-19(28-20)15-5-3-4-6-16(15)21/h3-12,17H,1-2H3,(H,23,25). The van der Waals surface area contributed by atoms with Crippen molar-refractivity contribution in [1.29, 1.82) is 0 Å². The van der Waals surface area contributed by atoms with Gasteiger partial charge < -0.3 is 14.6 Å². The molecule has 0 aliphatic rings. The molecule has 2 aromatic carbocycles. The molecule has 6 nitrogen and oxygen atoms in total. The number of methoxy groups -OCH3 is 1. The summed E-state index contributed by atoms with van der Waals surface area (Å²) in [6.45, 7) is 0. The topological polar surface area (TPSA) is 64.9 Å². The summed E-state index contributed by atoms with van der Waals surface area (Å²) in [6.07, 6.45) is 3.70. The molecule has 2 aromatic heterocycles. The quantitative estimate of drug-likeness (QED) is 0.493. The molecule has 0 aliphatic carbocycles. The van der Waals surface area contributed by atoms with Gasteiger partial charge in [0, 0.05) is 25.0 Å². The third-order valence-corrected chi connectivity index (χ3v) is 5.58. The van der Waals surface area contributed by atoms with Crippen LogP contribution in [-0.4, -0.2) is 26.9 Å². The Hall–Kier alpha value is -2.90. The number of nitrogens with one attached hydrogen (secondary N) is 1. The lowest BCUT2D eigenvalue weighted by atomic mass is 10.1. The number of aromatic nitrogens is 4. The number of aryl methyl sites for hydroxylation is 1. The van der Waals surface area contributed by atoms with Crippen molar-refractivity contribution in [3.8, 4) is 16.3 Å². The molecular formula is C20H18ClN5OS. The van der Waals surface area contributed by atoms with Gasteiger partial charge in [0.1, 0.15) is 17.6 Å². The number of benzene rings is 2. The first-order valence-electron chi connectivity index (χ1n) is 8.62. The highest BCUT2D eigenvalue weighted by Gasteiger charge is 2.21. The van der Waals surface area contributed by atoms with Crippen molar-refractivity contribution in [2.24, 2.45) is 7.05 Å². The minimum atomic E-state index is -0.182. The molecule has 4 aromatic rings. The van der Waals surface area contributed by atoms with E-state index in [1.165, 1.54) is 11.3 Å². The Morgan fingerprint density at radius 2 is 1.89 bits per heavy atom. The van der Waals surface area contributed by atoms with Crippen LogP contribution < -0.4 is 10.1 Å². The van der Waals surface area contributed by atoms with E-state index >= 15 is 0 Å². The minimum absolute atomic E-state index is 0.182. The van der Waals surface area contributed by atoms with E-state index in [9.17, 15) is 0 Å². The van der Waals surface area contributed by atoms with Gasteiger partial charge in [-0.15, -0.1) is 10.2 Å². The van der Waals surface area contributed by atoms with Crippen molar-refractivity contribution in [2.45, 2.75) is 6.04 Å². The fourth-order valence-electron chi connectivity index (χ4n) is 2.90. The number of halogens is 1. The Kier molecular flexibility index (Phi) is 5.27. The lowest BCUT2D eigenvalue weighted by Gasteiger charge is -2.18. The molecule has 0 radical (unpaired) electrons. The van der Waals surface area contributed by atoms with Crippen molar-refractivity contribution >= 4 is 28.1 Å². The van der Waals surface area contributed by atoms with Crippen LogP contribution in [0.2, 0.25) is 5.02 Å². The number of rotatable bonds is 6. The van der Waals surface area contributed by atoms with E-state index in [0.29, 0.717) is 10.2 Å². The van der Waals surface area contributed by atoms with Gasteiger partial charge in [0.2, 0.25) is 5.13 Å². The van der Waals surface area contributed by atoms with Gasteiger partial charge in [-0.05, 0) is 23.8 Å². The van der Waals surface area contributed by atoms with Gasteiger partial charge >= 0.3 is 0 Å². The lowest BCUT2D eigenvalue weighted by molar-refractivity contribution is 0.414. The molecule has 2 heterocycles. The van der Waals surface area contributed by atoms with Crippen molar-refractivity contribution in [2.75, 3.05) is 12.4 Å². The molecule has 0 saturated carbocycles. The normalized spacial score (nSPS) is 12.0. The molecule has 142 valence electrons. The summed E-state index contributed by atoms with van der Waals surface area (Å²) in [6, 6.07) is 15.3. The van der Waals surface area contributed by atoms with E-state index < -0.39 is 0 Å². The zero-order valence-corrected chi connectivity index (χ0v) is 16.9. The zero-order chi connectivity index (χ0) is 19.5. The third kappa shape index (κ3) is 3.72. The van der Waals surface area contributed by atoms with Crippen LogP contribution in [0.3, 0.4) is 0 Å². The van der Waals surface area contributed by atoms with Gasteiger partial charge in [-0.2, -0.15) is 0 Å². The van der Waals surface area contributed by atoms with Crippen molar-refractivity contribution in [3.63, 3.8) is 0 Å². The summed E-state index contributed by atoms with van der Waals surface area (Å²) >= 11 is 7.75. The van der Waals surface area contributed by atoms with Crippen LogP contribution in [0.25, 0.3) is 10.6 Å². The Bertz CT molecular complexity index is 1080. The Balaban J connectivity index is 1.67. The second-order valence-electron chi connectivity index (χ2n) is 6.14. The van der Waals surface area contributed by atoms with Crippen LogP contribution in [-0.2, 0) is 7.05 Å². The van der Waals surface area contributed by atoms with Crippen molar-refractivity contribution in [1.82, 2.24) is 19.7 Å². The molecule has 28 heavy (non-hydrogen) atoms. The van der Waals surface area contributed by atoms with E-state index in [4.69, 9.17) is 16.3 Å². The Morgan fingerprint density at radius 3 is 2.57 bits per heavy atom. The van der Waals surface area contributed by atoms with E-state index in [0.717, 1.165) is 27.7 Å². The molecular weight excluding hydrogens is 394 g/mol. The van der Waals surface area contributed by atoms with Gasteiger partial charge in [-0.1, -0.05) is 53.3 Å².